The molecule has 0 unspecified atom stereocenters. The van der Waals surface area contributed by atoms with Gasteiger partial charge in [0.1, 0.15) is 5.82 Å². The van der Waals surface area contributed by atoms with Crippen molar-refractivity contribution in [1.29, 1.82) is 0 Å². The van der Waals surface area contributed by atoms with Crippen molar-refractivity contribution < 1.29 is 9.18 Å². The van der Waals surface area contributed by atoms with Gasteiger partial charge in [-0.2, -0.15) is 0 Å². The SMILES string of the molecule is O=C(Cl)c1cn(Cc2ccc(F)cc2)c2ccccc12. The molecule has 2 nitrogen and oxygen atoms in total. The molecule has 0 bridgehead atoms. The van der Waals surface area contributed by atoms with Gasteiger partial charge < -0.3 is 4.57 Å². The topological polar surface area (TPSA) is 22.0 Å². The van der Waals surface area contributed by atoms with Crippen LogP contribution >= 0.6 is 11.6 Å². The van der Waals surface area contributed by atoms with Gasteiger partial charge in [-0.25, -0.2) is 4.39 Å². The third kappa shape index (κ3) is 2.32. The van der Waals surface area contributed by atoms with E-state index in [1.54, 1.807) is 18.3 Å². The number of rotatable bonds is 3. The molecule has 100 valence electrons. The monoisotopic (exact) mass is 287 g/mol. The lowest BCUT2D eigenvalue weighted by atomic mass is 10.2. The molecule has 20 heavy (non-hydrogen) atoms. The van der Waals surface area contributed by atoms with Crippen LogP contribution in [0.1, 0.15) is 15.9 Å². The summed E-state index contributed by atoms with van der Waals surface area (Å²) < 4.78 is 14.9. The summed E-state index contributed by atoms with van der Waals surface area (Å²) >= 11 is 5.62. The highest BCUT2D eigenvalue weighted by atomic mass is 35.5. The molecule has 1 heterocycles. The number of carbonyl (C=O) groups is 1. The molecule has 0 N–H and O–H groups in total. The van der Waals surface area contributed by atoms with Crippen LogP contribution in [0.3, 0.4) is 0 Å². The van der Waals surface area contributed by atoms with Gasteiger partial charge in [0.2, 0.25) is 0 Å². The lowest BCUT2D eigenvalue weighted by Crippen LogP contribution is -1.98. The molecule has 0 aliphatic carbocycles. The summed E-state index contributed by atoms with van der Waals surface area (Å²) in [6.45, 7) is 0.560. The van der Waals surface area contributed by atoms with E-state index in [4.69, 9.17) is 11.6 Å². The molecule has 0 atom stereocenters. The van der Waals surface area contributed by atoms with Crippen LogP contribution in [-0.2, 0) is 6.54 Å². The van der Waals surface area contributed by atoms with Crippen LogP contribution in [0.5, 0.6) is 0 Å². The molecule has 0 radical (unpaired) electrons. The Morgan fingerprint density at radius 3 is 2.50 bits per heavy atom. The first-order valence-corrected chi connectivity index (χ1v) is 6.55. The fourth-order valence-electron chi connectivity index (χ4n) is 2.32. The van der Waals surface area contributed by atoms with E-state index < -0.39 is 5.24 Å². The molecule has 3 aromatic rings. The fraction of sp³-hybridized carbons (Fsp3) is 0.0625. The second kappa shape index (κ2) is 5.10. The summed E-state index contributed by atoms with van der Waals surface area (Å²) in [5.74, 6) is -0.261. The molecule has 0 aliphatic rings. The van der Waals surface area contributed by atoms with Crippen molar-refractivity contribution in [3.05, 3.63) is 71.7 Å². The molecule has 0 aliphatic heterocycles. The molecule has 3 rings (SSSR count). The minimum Gasteiger partial charge on any atom is -0.342 e. The van der Waals surface area contributed by atoms with E-state index >= 15 is 0 Å². The first kappa shape index (κ1) is 12.9. The van der Waals surface area contributed by atoms with Crippen molar-refractivity contribution in [3.63, 3.8) is 0 Å². The Bertz CT molecular complexity index is 777. The predicted octanol–water partition coefficient (Wildman–Crippen LogP) is 4.21. The maximum atomic E-state index is 12.9. The van der Waals surface area contributed by atoms with Gasteiger partial charge in [0.05, 0.1) is 5.56 Å². The second-order valence-corrected chi connectivity index (χ2v) is 4.93. The molecule has 0 spiro atoms. The third-order valence-electron chi connectivity index (χ3n) is 3.27. The molecule has 0 saturated carbocycles. The lowest BCUT2D eigenvalue weighted by molar-refractivity contribution is 0.108. The van der Waals surface area contributed by atoms with Gasteiger partial charge in [0.25, 0.3) is 5.24 Å². The van der Waals surface area contributed by atoms with E-state index in [0.717, 1.165) is 16.5 Å². The number of para-hydroxylation sites is 1. The summed E-state index contributed by atoms with van der Waals surface area (Å²) in [5, 5.41) is 0.355. The number of nitrogens with zero attached hydrogens (tertiary/aromatic N) is 1. The summed E-state index contributed by atoms with van der Waals surface area (Å²) in [7, 11) is 0. The van der Waals surface area contributed by atoms with Crippen LogP contribution in [0, 0.1) is 5.82 Å². The van der Waals surface area contributed by atoms with Crippen LogP contribution in [-0.4, -0.2) is 9.81 Å². The largest absolute Gasteiger partial charge is 0.342 e. The van der Waals surface area contributed by atoms with E-state index in [-0.39, 0.29) is 5.82 Å². The number of halogens is 2. The van der Waals surface area contributed by atoms with E-state index in [9.17, 15) is 9.18 Å². The van der Waals surface area contributed by atoms with Gasteiger partial charge in [0.15, 0.2) is 0 Å². The number of fused-ring (bicyclic) bond motifs is 1. The molecular formula is C16H11ClFNO. The number of benzene rings is 2. The molecule has 2 aromatic carbocycles. The molecule has 0 amide bonds. The molecule has 0 saturated heterocycles. The Hall–Kier alpha value is -2.13. The standard InChI is InChI=1S/C16H11ClFNO/c17-16(20)14-10-19(15-4-2-1-3-13(14)15)9-11-5-7-12(18)8-6-11/h1-8,10H,9H2. The number of hydrogen-bond donors (Lipinski definition) is 0. The molecule has 1 aromatic heterocycles. The molecule has 4 heteroatoms. The van der Waals surface area contributed by atoms with Gasteiger partial charge in [-0.3, -0.25) is 4.79 Å². The molecule has 0 fully saturated rings. The minimum absolute atomic E-state index is 0.261. The van der Waals surface area contributed by atoms with E-state index in [1.807, 2.05) is 28.8 Å². The van der Waals surface area contributed by atoms with Crippen molar-refractivity contribution in [2.45, 2.75) is 6.54 Å². The van der Waals surface area contributed by atoms with Crippen LogP contribution in [0.2, 0.25) is 0 Å². The van der Waals surface area contributed by atoms with Gasteiger partial charge in [-0.15, -0.1) is 0 Å². The van der Waals surface area contributed by atoms with Crippen molar-refractivity contribution >= 4 is 27.7 Å². The van der Waals surface area contributed by atoms with Gasteiger partial charge in [-0.1, -0.05) is 30.3 Å². The van der Waals surface area contributed by atoms with Gasteiger partial charge in [-0.05, 0) is 35.4 Å². The highest BCUT2D eigenvalue weighted by Crippen LogP contribution is 2.23. The Kier molecular flexibility index (Phi) is 3.28. The number of hydrogen-bond acceptors (Lipinski definition) is 1. The van der Waals surface area contributed by atoms with Crippen molar-refractivity contribution in [2.75, 3.05) is 0 Å². The van der Waals surface area contributed by atoms with Crippen LogP contribution in [0.25, 0.3) is 10.9 Å². The summed E-state index contributed by atoms with van der Waals surface area (Å²) in [5.41, 5.74) is 2.38. The fourth-order valence-corrected chi connectivity index (χ4v) is 2.47. The first-order valence-electron chi connectivity index (χ1n) is 6.17. The van der Waals surface area contributed by atoms with Crippen molar-refractivity contribution in [2.24, 2.45) is 0 Å². The first-order chi connectivity index (χ1) is 9.65. The Morgan fingerprint density at radius 1 is 1.10 bits per heavy atom. The zero-order chi connectivity index (χ0) is 14.1. The van der Waals surface area contributed by atoms with Crippen molar-refractivity contribution in [1.82, 2.24) is 4.57 Å². The summed E-state index contributed by atoms with van der Waals surface area (Å²) in [4.78, 5) is 11.5. The van der Waals surface area contributed by atoms with E-state index in [0.29, 0.717) is 12.1 Å². The average molecular weight is 288 g/mol. The normalized spacial score (nSPS) is 10.9. The van der Waals surface area contributed by atoms with Gasteiger partial charge in [0, 0.05) is 23.6 Å². The highest BCUT2D eigenvalue weighted by molar-refractivity contribution is 6.68. The summed E-state index contributed by atoms with van der Waals surface area (Å²) in [6.07, 6.45) is 1.74. The van der Waals surface area contributed by atoms with Crippen molar-refractivity contribution in [3.8, 4) is 0 Å². The van der Waals surface area contributed by atoms with E-state index in [1.165, 1.54) is 12.1 Å². The number of carbonyl (C=O) groups excluding carboxylic acids is 1. The number of aromatic nitrogens is 1. The predicted molar refractivity (Wildman–Crippen MR) is 77.6 cm³/mol. The smallest absolute Gasteiger partial charge is 0.254 e. The van der Waals surface area contributed by atoms with Crippen LogP contribution < -0.4 is 0 Å². The maximum absolute atomic E-state index is 12.9. The zero-order valence-corrected chi connectivity index (χ0v) is 11.3. The van der Waals surface area contributed by atoms with E-state index in [2.05, 4.69) is 0 Å². The second-order valence-electron chi connectivity index (χ2n) is 4.59. The van der Waals surface area contributed by atoms with Crippen LogP contribution in [0.15, 0.2) is 54.7 Å². The molecular weight excluding hydrogens is 277 g/mol. The average Bonchev–Trinajstić information content (AvgIpc) is 2.81. The Balaban J connectivity index is 2.07. The quantitative estimate of drug-likeness (QED) is 0.662. The Labute approximate surface area is 120 Å². The zero-order valence-electron chi connectivity index (χ0n) is 10.5. The third-order valence-corrected chi connectivity index (χ3v) is 3.47. The Morgan fingerprint density at radius 2 is 1.80 bits per heavy atom. The minimum atomic E-state index is -0.473. The lowest BCUT2D eigenvalue weighted by Gasteiger charge is -2.05. The highest BCUT2D eigenvalue weighted by Gasteiger charge is 2.12. The van der Waals surface area contributed by atoms with Gasteiger partial charge >= 0.3 is 0 Å². The maximum Gasteiger partial charge on any atom is 0.254 e. The van der Waals surface area contributed by atoms with Crippen LogP contribution in [0.4, 0.5) is 4.39 Å². The summed E-state index contributed by atoms with van der Waals surface area (Å²) in [6, 6.07) is 13.9.